The monoisotopic (exact) mass is 270 g/mol. The largest absolute Gasteiger partial charge is 0.481 e. The average Bonchev–Trinajstić information content (AvgIpc) is 3.08. The molecule has 1 aliphatic carbocycles. The van der Waals surface area contributed by atoms with Crippen LogP contribution in [0.25, 0.3) is 0 Å². The van der Waals surface area contributed by atoms with Gasteiger partial charge in [0.25, 0.3) is 0 Å². The second kappa shape index (κ2) is 5.39. The van der Waals surface area contributed by atoms with Crippen molar-refractivity contribution in [1.82, 2.24) is 10.6 Å². The van der Waals surface area contributed by atoms with E-state index < -0.39 is 16.9 Å². The lowest BCUT2D eigenvalue weighted by atomic mass is 9.74. The van der Waals surface area contributed by atoms with Gasteiger partial charge in [0, 0.05) is 6.54 Å². The van der Waals surface area contributed by atoms with Crippen LogP contribution in [0.15, 0.2) is 0 Å². The van der Waals surface area contributed by atoms with Gasteiger partial charge in [0.05, 0.1) is 11.0 Å². The molecule has 1 unspecified atom stereocenters. The molecule has 1 fully saturated rings. The van der Waals surface area contributed by atoms with Crippen molar-refractivity contribution in [3.05, 3.63) is 0 Å². The smallest absolute Gasteiger partial charge is 0.315 e. The number of rotatable bonds is 6. The van der Waals surface area contributed by atoms with Crippen LogP contribution in [0.2, 0.25) is 0 Å². The zero-order chi connectivity index (χ0) is 14.8. The van der Waals surface area contributed by atoms with Gasteiger partial charge in [0.2, 0.25) is 0 Å². The topological polar surface area (TPSA) is 78.4 Å². The van der Waals surface area contributed by atoms with Crippen LogP contribution in [0.1, 0.15) is 47.5 Å². The number of amides is 2. The molecule has 5 heteroatoms. The second-order valence-corrected chi connectivity index (χ2v) is 6.70. The first kappa shape index (κ1) is 15.8. The van der Waals surface area contributed by atoms with Gasteiger partial charge in [-0.25, -0.2) is 4.79 Å². The number of carboxylic acid groups (broad SMARTS) is 1. The molecule has 0 aromatic heterocycles. The molecule has 0 heterocycles. The highest BCUT2D eigenvalue weighted by molar-refractivity contribution is 5.79. The fourth-order valence-electron chi connectivity index (χ4n) is 1.84. The minimum absolute atomic E-state index is 0.299. The van der Waals surface area contributed by atoms with E-state index in [2.05, 4.69) is 17.6 Å². The number of carbonyl (C=O) groups excluding carboxylic acids is 1. The molecule has 0 saturated heterocycles. The van der Waals surface area contributed by atoms with E-state index in [0.29, 0.717) is 12.5 Å². The van der Waals surface area contributed by atoms with Gasteiger partial charge in [-0.05, 0) is 52.4 Å². The van der Waals surface area contributed by atoms with Crippen LogP contribution >= 0.6 is 0 Å². The molecule has 1 saturated carbocycles. The van der Waals surface area contributed by atoms with E-state index in [1.54, 1.807) is 27.7 Å². The summed E-state index contributed by atoms with van der Waals surface area (Å²) in [5, 5.41) is 14.8. The number of hydrogen-bond acceptors (Lipinski definition) is 2. The molecule has 0 spiro atoms. The quantitative estimate of drug-likeness (QED) is 0.692. The molecular formula is C14H26N2O3. The van der Waals surface area contributed by atoms with E-state index >= 15 is 0 Å². The summed E-state index contributed by atoms with van der Waals surface area (Å²) in [5.74, 6) is 0.300. The summed E-state index contributed by atoms with van der Waals surface area (Å²) in [5.41, 5.74) is -1.86. The Kier molecular flexibility index (Phi) is 4.48. The maximum absolute atomic E-state index is 11.9. The Morgan fingerprint density at radius 3 is 2.21 bits per heavy atom. The van der Waals surface area contributed by atoms with Gasteiger partial charge < -0.3 is 15.7 Å². The highest BCUT2D eigenvalue weighted by Crippen LogP contribution is 2.36. The Morgan fingerprint density at radius 1 is 1.26 bits per heavy atom. The van der Waals surface area contributed by atoms with E-state index in [1.165, 1.54) is 12.8 Å². The van der Waals surface area contributed by atoms with Gasteiger partial charge in [-0.1, -0.05) is 6.92 Å². The van der Waals surface area contributed by atoms with Crippen molar-refractivity contribution >= 4 is 12.0 Å². The molecule has 2 amide bonds. The van der Waals surface area contributed by atoms with E-state index in [0.717, 1.165) is 5.92 Å². The van der Waals surface area contributed by atoms with Crippen molar-refractivity contribution in [3.8, 4) is 0 Å². The molecule has 19 heavy (non-hydrogen) atoms. The van der Waals surface area contributed by atoms with Gasteiger partial charge in [0.15, 0.2) is 0 Å². The van der Waals surface area contributed by atoms with Crippen molar-refractivity contribution < 1.29 is 14.7 Å². The van der Waals surface area contributed by atoms with Crippen LogP contribution in [0.3, 0.4) is 0 Å². The fraction of sp³-hybridized carbons (Fsp3) is 0.857. The summed E-state index contributed by atoms with van der Waals surface area (Å²) in [6, 6.07) is -0.299. The van der Waals surface area contributed by atoms with E-state index in [-0.39, 0.29) is 6.03 Å². The summed E-state index contributed by atoms with van der Waals surface area (Å²) >= 11 is 0. The molecule has 110 valence electrons. The Balaban J connectivity index is 2.47. The Hall–Kier alpha value is -1.26. The van der Waals surface area contributed by atoms with E-state index in [4.69, 9.17) is 0 Å². The third-order valence-corrected chi connectivity index (χ3v) is 4.53. The summed E-state index contributed by atoms with van der Waals surface area (Å²) < 4.78 is 0. The third kappa shape index (κ3) is 3.85. The summed E-state index contributed by atoms with van der Waals surface area (Å²) in [6.07, 6.45) is 2.50. The first-order chi connectivity index (χ1) is 8.58. The Bertz CT molecular complexity index is 360. The molecule has 0 radical (unpaired) electrons. The minimum Gasteiger partial charge on any atom is -0.481 e. The lowest BCUT2D eigenvalue weighted by Crippen LogP contribution is -2.59. The molecule has 0 aromatic rings. The fourth-order valence-corrected chi connectivity index (χ4v) is 1.84. The normalized spacial score (nSPS) is 17.7. The summed E-state index contributed by atoms with van der Waals surface area (Å²) in [4.78, 5) is 23.1. The standard InChI is InChI=1S/C14H26N2O3/c1-9(10-6-7-10)8-15-12(19)16-14(4,5)13(2,3)11(17)18/h9-10H,6-8H2,1-5H3,(H,17,18)(H2,15,16,19). The number of nitrogens with one attached hydrogen (secondary N) is 2. The first-order valence-corrected chi connectivity index (χ1v) is 6.87. The summed E-state index contributed by atoms with van der Waals surface area (Å²) in [6.45, 7) is 9.45. The van der Waals surface area contributed by atoms with Crippen molar-refractivity contribution in [2.24, 2.45) is 17.3 Å². The maximum Gasteiger partial charge on any atom is 0.315 e. The lowest BCUT2D eigenvalue weighted by molar-refractivity contribution is -0.150. The lowest BCUT2D eigenvalue weighted by Gasteiger charge is -2.38. The molecule has 0 aromatic carbocycles. The first-order valence-electron chi connectivity index (χ1n) is 6.87. The van der Waals surface area contributed by atoms with Crippen molar-refractivity contribution in [1.29, 1.82) is 0 Å². The van der Waals surface area contributed by atoms with Crippen molar-refractivity contribution in [3.63, 3.8) is 0 Å². The van der Waals surface area contributed by atoms with Crippen molar-refractivity contribution in [2.75, 3.05) is 6.54 Å². The molecule has 1 atom stereocenters. The molecule has 5 nitrogen and oxygen atoms in total. The highest BCUT2D eigenvalue weighted by Gasteiger charge is 2.44. The molecular weight excluding hydrogens is 244 g/mol. The number of carboxylic acids is 1. The van der Waals surface area contributed by atoms with Gasteiger partial charge in [-0.2, -0.15) is 0 Å². The molecule has 0 aliphatic heterocycles. The third-order valence-electron chi connectivity index (χ3n) is 4.53. The predicted octanol–water partition coefficient (Wildman–Crippen LogP) is 2.22. The molecule has 1 rings (SSSR count). The van der Waals surface area contributed by atoms with Gasteiger partial charge in [-0.3, -0.25) is 4.79 Å². The predicted molar refractivity (Wildman–Crippen MR) is 73.9 cm³/mol. The molecule has 1 aliphatic rings. The molecule has 0 bridgehead atoms. The van der Waals surface area contributed by atoms with Crippen LogP contribution in [0.5, 0.6) is 0 Å². The minimum atomic E-state index is -1.04. The Labute approximate surface area is 115 Å². The molecule has 3 N–H and O–H groups in total. The highest BCUT2D eigenvalue weighted by atomic mass is 16.4. The van der Waals surface area contributed by atoms with E-state index in [1.807, 2.05) is 0 Å². The van der Waals surface area contributed by atoms with Crippen LogP contribution in [-0.2, 0) is 4.79 Å². The van der Waals surface area contributed by atoms with Crippen molar-refractivity contribution in [2.45, 2.75) is 53.0 Å². The van der Waals surface area contributed by atoms with Crippen LogP contribution < -0.4 is 10.6 Å². The zero-order valence-electron chi connectivity index (χ0n) is 12.5. The SMILES string of the molecule is CC(CNC(=O)NC(C)(C)C(C)(C)C(=O)O)C1CC1. The van der Waals surface area contributed by atoms with Crippen LogP contribution in [0, 0.1) is 17.3 Å². The van der Waals surface area contributed by atoms with Gasteiger partial charge in [-0.15, -0.1) is 0 Å². The zero-order valence-corrected chi connectivity index (χ0v) is 12.5. The number of hydrogen-bond donors (Lipinski definition) is 3. The summed E-state index contributed by atoms with van der Waals surface area (Å²) in [7, 11) is 0. The van der Waals surface area contributed by atoms with Gasteiger partial charge in [0.1, 0.15) is 0 Å². The maximum atomic E-state index is 11.9. The van der Waals surface area contributed by atoms with Crippen LogP contribution in [0.4, 0.5) is 4.79 Å². The second-order valence-electron chi connectivity index (χ2n) is 6.70. The van der Waals surface area contributed by atoms with Crippen LogP contribution in [-0.4, -0.2) is 29.2 Å². The van der Waals surface area contributed by atoms with E-state index in [9.17, 15) is 14.7 Å². The number of urea groups is 1. The average molecular weight is 270 g/mol. The number of carbonyl (C=O) groups is 2. The number of aliphatic carboxylic acids is 1. The van der Waals surface area contributed by atoms with Gasteiger partial charge >= 0.3 is 12.0 Å². The Morgan fingerprint density at radius 2 is 1.79 bits per heavy atom.